The molecule has 1 aromatic heterocycles. The summed E-state index contributed by atoms with van der Waals surface area (Å²) in [6.07, 6.45) is 0.666. The number of sulfone groups is 1. The molecule has 1 N–H and O–H groups in total. The van der Waals surface area contributed by atoms with Gasteiger partial charge in [0, 0.05) is 32.0 Å². The van der Waals surface area contributed by atoms with Gasteiger partial charge in [-0.3, -0.25) is 0 Å². The monoisotopic (exact) mass is 275 g/mol. The molecule has 0 spiro atoms. The van der Waals surface area contributed by atoms with E-state index in [0.29, 0.717) is 25.4 Å². The Hall–Kier alpha value is -1.08. The molecule has 0 bridgehead atoms. The summed E-state index contributed by atoms with van der Waals surface area (Å²) in [5.74, 6) is 1.11. The second kappa shape index (κ2) is 6.75. The Morgan fingerprint density at radius 1 is 1.44 bits per heavy atom. The van der Waals surface area contributed by atoms with Crippen molar-refractivity contribution in [3.63, 3.8) is 0 Å². The Kier molecular flexibility index (Phi) is 5.61. The Labute approximate surface area is 108 Å². The summed E-state index contributed by atoms with van der Waals surface area (Å²) < 4.78 is 29.7. The molecule has 104 valence electrons. The van der Waals surface area contributed by atoms with E-state index in [-0.39, 0.29) is 11.5 Å². The van der Waals surface area contributed by atoms with Crippen LogP contribution in [0.1, 0.15) is 19.0 Å². The van der Waals surface area contributed by atoms with E-state index in [2.05, 4.69) is 10.4 Å². The maximum Gasteiger partial charge on any atom is 0.211 e. The summed E-state index contributed by atoms with van der Waals surface area (Å²) in [5.41, 5.74) is 0.835. The van der Waals surface area contributed by atoms with E-state index in [1.807, 2.05) is 13.0 Å². The molecule has 6 nitrogen and oxygen atoms in total. The van der Waals surface area contributed by atoms with Crippen LogP contribution in [-0.2, 0) is 23.4 Å². The van der Waals surface area contributed by atoms with Crippen LogP contribution in [0.2, 0.25) is 0 Å². The van der Waals surface area contributed by atoms with Crippen molar-refractivity contribution >= 4 is 9.84 Å². The van der Waals surface area contributed by atoms with E-state index in [0.717, 1.165) is 5.69 Å². The summed E-state index contributed by atoms with van der Waals surface area (Å²) in [6.45, 7) is 2.85. The third-order valence-electron chi connectivity index (χ3n) is 2.51. The normalized spacial score (nSPS) is 11.7. The minimum atomic E-state index is -2.91. The van der Waals surface area contributed by atoms with Crippen molar-refractivity contribution in [1.82, 2.24) is 15.1 Å². The number of ether oxygens (including phenoxy) is 1. The van der Waals surface area contributed by atoms with Crippen LogP contribution < -0.4 is 10.1 Å². The first kappa shape index (κ1) is 15.0. The molecule has 0 radical (unpaired) electrons. The van der Waals surface area contributed by atoms with Gasteiger partial charge in [0.2, 0.25) is 5.88 Å². The van der Waals surface area contributed by atoms with E-state index in [1.54, 1.807) is 18.8 Å². The van der Waals surface area contributed by atoms with Crippen LogP contribution in [0.25, 0.3) is 0 Å². The van der Waals surface area contributed by atoms with Gasteiger partial charge in [0.15, 0.2) is 9.84 Å². The van der Waals surface area contributed by atoms with Crippen molar-refractivity contribution in [3.05, 3.63) is 11.8 Å². The Morgan fingerprint density at radius 3 is 2.72 bits per heavy atom. The van der Waals surface area contributed by atoms with E-state index in [1.165, 1.54) is 0 Å². The predicted octanol–water partition coefficient (Wildman–Crippen LogP) is 0.343. The molecule has 0 unspecified atom stereocenters. The SMILES string of the molecule is CCCS(=O)(=O)CCNCc1cc(OC)n(C)n1. The fourth-order valence-electron chi connectivity index (χ4n) is 1.64. The molecular formula is C11H21N3O3S. The first-order chi connectivity index (χ1) is 8.48. The first-order valence-electron chi connectivity index (χ1n) is 5.96. The molecular weight excluding hydrogens is 254 g/mol. The largest absolute Gasteiger partial charge is 0.481 e. The molecule has 0 aliphatic carbocycles. The molecule has 0 atom stereocenters. The predicted molar refractivity (Wildman–Crippen MR) is 70.4 cm³/mol. The van der Waals surface area contributed by atoms with Gasteiger partial charge in [-0.1, -0.05) is 6.92 Å². The van der Waals surface area contributed by atoms with Crippen LogP contribution in [0.4, 0.5) is 0 Å². The minimum absolute atomic E-state index is 0.171. The number of hydrogen-bond donors (Lipinski definition) is 1. The quantitative estimate of drug-likeness (QED) is 0.693. The molecule has 1 rings (SSSR count). The molecule has 0 saturated heterocycles. The lowest BCUT2D eigenvalue weighted by Crippen LogP contribution is -2.24. The van der Waals surface area contributed by atoms with Crippen LogP contribution in [0.5, 0.6) is 5.88 Å². The van der Waals surface area contributed by atoms with Gasteiger partial charge in [-0.2, -0.15) is 5.10 Å². The van der Waals surface area contributed by atoms with E-state index in [9.17, 15) is 8.42 Å². The standard InChI is InChI=1S/C11H21N3O3S/c1-4-6-18(15,16)7-5-12-9-10-8-11(17-3)14(2)13-10/h8,12H,4-7,9H2,1-3H3. The van der Waals surface area contributed by atoms with E-state index in [4.69, 9.17) is 4.74 Å². The van der Waals surface area contributed by atoms with Gasteiger partial charge in [0.1, 0.15) is 0 Å². The molecule has 1 aromatic rings. The zero-order valence-corrected chi connectivity index (χ0v) is 12.0. The molecule has 0 aliphatic rings. The van der Waals surface area contributed by atoms with Crippen LogP contribution in [0.3, 0.4) is 0 Å². The second-order valence-electron chi connectivity index (χ2n) is 4.13. The minimum Gasteiger partial charge on any atom is -0.481 e. The maximum atomic E-state index is 11.5. The average molecular weight is 275 g/mol. The number of hydrogen-bond acceptors (Lipinski definition) is 5. The van der Waals surface area contributed by atoms with Gasteiger partial charge in [-0.05, 0) is 6.42 Å². The van der Waals surface area contributed by atoms with Crippen molar-refractivity contribution < 1.29 is 13.2 Å². The highest BCUT2D eigenvalue weighted by atomic mass is 32.2. The number of aryl methyl sites for hydroxylation is 1. The number of nitrogens with one attached hydrogen (secondary N) is 1. The number of methoxy groups -OCH3 is 1. The van der Waals surface area contributed by atoms with Crippen LogP contribution >= 0.6 is 0 Å². The molecule has 7 heteroatoms. The fraction of sp³-hybridized carbons (Fsp3) is 0.727. The van der Waals surface area contributed by atoms with Crippen LogP contribution in [0.15, 0.2) is 6.07 Å². The number of nitrogens with zero attached hydrogens (tertiary/aromatic N) is 2. The third kappa shape index (κ3) is 4.66. The highest BCUT2D eigenvalue weighted by Gasteiger charge is 2.09. The topological polar surface area (TPSA) is 73.2 Å². The summed E-state index contributed by atoms with van der Waals surface area (Å²) in [7, 11) is 0.482. The van der Waals surface area contributed by atoms with Gasteiger partial charge in [0.05, 0.1) is 18.6 Å². The van der Waals surface area contributed by atoms with E-state index < -0.39 is 9.84 Å². The van der Waals surface area contributed by atoms with Crippen molar-refractivity contribution in [3.8, 4) is 5.88 Å². The van der Waals surface area contributed by atoms with Crippen LogP contribution in [-0.4, -0.2) is 43.4 Å². The Morgan fingerprint density at radius 2 is 2.17 bits per heavy atom. The second-order valence-corrected chi connectivity index (χ2v) is 6.43. The molecule has 0 fully saturated rings. The Bertz CT molecular complexity index is 468. The highest BCUT2D eigenvalue weighted by molar-refractivity contribution is 7.91. The molecule has 1 heterocycles. The number of aromatic nitrogens is 2. The zero-order chi connectivity index (χ0) is 13.6. The molecule has 0 aliphatic heterocycles. The third-order valence-corrected chi connectivity index (χ3v) is 4.36. The lowest BCUT2D eigenvalue weighted by atomic mass is 10.4. The maximum absolute atomic E-state index is 11.5. The molecule has 0 aromatic carbocycles. The van der Waals surface area contributed by atoms with Gasteiger partial charge in [0.25, 0.3) is 0 Å². The van der Waals surface area contributed by atoms with Crippen molar-refractivity contribution in [2.45, 2.75) is 19.9 Å². The molecule has 0 amide bonds. The molecule has 0 saturated carbocycles. The van der Waals surface area contributed by atoms with Crippen molar-refractivity contribution in [2.24, 2.45) is 7.05 Å². The van der Waals surface area contributed by atoms with Gasteiger partial charge < -0.3 is 10.1 Å². The summed E-state index contributed by atoms with van der Waals surface area (Å²) in [6, 6.07) is 1.83. The zero-order valence-electron chi connectivity index (χ0n) is 11.1. The summed E-state index contributed by atoms with van der Waals surface area (Å²) >= 11 is 0. The lowest BCUT2D eigenvalue weighted by molar-refractivity contribution is 0.373. The highest BCUT2D eigenvalue weighted by Crippen LogP contribution is 2.10. The van der Waals surface area contributed by atoms with Gasteiger partial charge >= 0.3 is 0 Å². The van der Waals surface area contributed by atoms with Gasteiger partial charge in [-0.15, -0.1) is 0 Å². The number of rotatable bonds is 8. The smallest absolute Gasteiger partial charge is 0.211 e. The first-order valence-corrected chi connectivity index (χ1v) is 7.78. The average Bonchev–Trinajstić information content (AvgIpc) is 2.65. The summed E-state index contributed by atoms with van der Waals surface area (Å²) in [4.78, 5) is 0. The lowest BCUT2D eigenvalue weighted by Gasteiger charge is -2.03. The van der Waals surface area contributed by atoms with Crippen molar-refractivity contribution in [2.75, 3.05) is 25.2 Å². The van der Waals surface area contributed by atoms with Crippen molar-refractivity contribution in [1.29, 1.82) is 0 Å². The fourth-order valence-corrected chi connectivity index (χ4v) is 2.92. The van der Waals surface area contributed by atoms with E-state index >= 15 is 0 Å². The van der Waals surface area contributed by atoms with Gasteiger partial charge in [-0.25, -0.2) is 13.1 Å². The summed E-state index contributed by atoms with van der Waals surface area (Å²) in [5, 5.41) is 7.30. The van der Waals surface area contributed by atoms with Crippen LogP contribution in [0, 0.1) is 0 Å². The molecule has 18 heavy (non-hydrogen) atoms. The Balaban J connectivity index is 2.33.